The Labute approximate surface area is 121 Å². The number of morpholine rings is 1. The van der Waals surface area contributed by atoms with Gasteiger partial charge in [0.1, 0.15) is 0 Å². The number of benzene rings is 1. The molecule has 0 bridgehead atoms. The van der Waals surface area contributed by atoms with Crippen LogP contribution in [-0.4, -0.2) is 49.7 Å². The van der Waals surface area contributed by atoms with E-state index >= 15 is 0 Å². The van der Waals surface area contributed by atoms with Crippen LogP contribution in [0.1, 0.15) is 6.92 Å². The Bertz CT molecular complexity index is 548. The number of aliphatic hydroxyl groups is 1. The Hall–Kier alpha value is -0.470. The number of ether oxygens (including phenoxy) is 1. The third-order valence-electron chi connectivity index (χ3n) is 2.93. The summed E-state index contributed by atoms with van der Waals surface area (Å²) in [5.41, 5.74) is 0. The van der Waals surface area contributed by atoms with E-state index in [2.05, 4.69) is 15.9 Å². The van der Waals surface area contributed by atoms with Gasteiger partial charge < -0.3 is 9.84 Å². The van der Waals surface area contributed by atoms with Gasteiger partial charge in [-0.05, 0) is 25.1 Å². The van der Waals surface area contributed by atoms with Crippen LogP contribution in [-0.2, 0) is 14.8 Å². The average Bonchev–Trinajstić information content (AvgIpc) is 2.38. The topological polar surface area (TPSA) is 66.8 Å². The normalized spacial score (nSPS) is 25.4. The third-order valence-corrected chi connectivity index (χ3v) is 5.25. The summed E-state index contributed by atoms with van der Waals surface area (Å²) in [6, 6.07) is 6.60. The molecule has 2 atom stereocenters. The van der Waals surface area contributed by atoms with Crippen molar-refractivity contribution >= 4 is 26.0 Å². The Morgan fingerprint density at radius 3 is 2.84 bits per heavy atom. The van der Waals surface area contributed by atoms with Crippen LogP contribution < -0.4 is 0 Å². The molecule has 106 valence electrons. The smallest absolute Gasteiger partial charge is 0.243 e. The monoisotopic (exact) mass is 349 g/mol. The standard InChI is InChI=1S/C12H16BrNO4S/c1-9-6-14(7-11(8-15)18-9)19(16,17)12-4-2-3-10(13)5-12/h2-5,9,11,15H,6-8H2,1H3. The number of halogens is 1. The summed E-state index contributed by atoms with van der Waals surface area (Å²) in [5.74, 6) is 0. The lowest BCUT2D eigenvalue weighted by atomic mass is 10.2. The minimum Gasteiger partial charge on any atom is -0.394 e. The molecule has 2 unspecified atom stereocenters. The highest BCUT2D eigenvalue weighted by Crippen LogP contribution is 2.23. The van der Waals surface area contributed by atoms with Gasteiger partial charge in [0.25, 0.3) is 0 Å². The molecule has 0 amide bonds. The maximum Gasteiger partial charge on any atom is 0.243 e. The minimum atomic E-state index is -3.55. The summed E-state index contributed by atoms with van der Waals surface area (Å²) in [7, 11) is -3.55. The van der Waals surface area contributed by atoms with Crippen LogP contribution in [0, 0.1) is 0 Å². The first-order valence-corrected chi connectivity index (χ1v) is 8.19. The van der Waals surface area contributed by atoms with Gasteiger partial charge >= 0.3 is 0 Å². The molecule has 1 saturated heterocycles. The minimum absolute atomic E-state index is 0.176. The van der Waals surface area contributed by atoms with Gasteiger partial charge in [0.05, 0.1) is 23.7 Å². The highest BCUT2D eigenvalue weighted by molar-refractivity contribution is 9.10. The largest absolute Gasteiger partial charge is 0.394 e. The maximum absolute atomic E-state index is 12.5. The van der Waals surface area contributed by atoms with Crippen molar-refractivity contribution < 1.29 is 18.3 Å². The molecule has 0 saturated carbocycles. The summed E-state index contributed by atoms with van der Waals surface area (Å²) in [5, 5.41) is 9.15. The molecule has 0 spiro atoms. The van der Waals surface area contributed by atoms with Crippen LogP contribution in [0.2, 0.25) is 0 Å². The van der Waals surface area contributed by atoms with Crippen molar-refractivity contribution in [3.8, 4) is 0 Å². The van der Waals surface area contributed by atoms with Crippen LogP contribution in [0.3, 0.4) is 0 Å². The van der Waals surface area contributed by atoms with E-state index < -0.39 is 16.1 Å². The summed E-state index contributed by atoms with van der Waals surface area (Å²) in [6.45, 7) is 2.08. The first kappa shape index (κ1) is 14.9. The molecule has 7 heteroatoms. The molecule has 1 aromatic carbocycles. The fraction of sp³-hybridized carbons (Fsp3) is 0.500. The molecule has 2 rings (SSSR count). The van der Waals surface area contributed by atoms with Crippen LogP contribution in [0.15, 0.2) is 33.6 Å². The second kappa shape index (κ2) is 5.88. The van der Waals surface area contributed by atoms with Crippen LogP contribution in [0.5, 0.6) is 0 Å². The summed E-state index contributed by atoms with van der Waals surface area (Å²) >= 11 is 3.27. The fourth-order valence-electron chi connectivity index (χ4n) is 2.08. The Kier molecular flexibility index (Phi) is 4.62. The van der Waals surface area contributed by atoms with Gasteiger partial charge in [-0.3, -0.25) is 0 Å². The Balaban J connectivity index is 2.29. The van der Waals surface area contributed by atoms with Crippen LogP contribution >= 0.6 is 15.9 Å². The SMILES string of the molecule is CC1CN(S(=O)(=O)c2cccc(Br)c2)CC(CO)O1. The van der Waals surface area contributed by atoms with Gasteiger partial charge in [0, 0.05) is 17.6 Å². The fourth-order valence-corrected chi connectivity index (χ4v) is 4.22. The molecule has 0 radical (unpaired) electrons. The summed E-state index contributed by atoms with van der Waals surface area (Å²) in [6.07, 6.45) is -0.696. The van der Waals surface area contributed by atoms with Crippen molar-refractivity contribution in [3.05, 3.63) is 28.7 Å². The molecule has 19 heavy (non-hydrogen) atoms. The molecule has 1 heterocycles. The average molecular weight is 350 g/mol. The second-order valence-corrected chi connectivity index (χ2v) is 7.38. The lowest BCUT2D eigenvalue weighted by Gasteiger charge is -2.35. The first-order chi connectivity index (χ1) is 8.93. The second-order valence-electron chi connectivity index (χ2n) is 4.53. The molecule has 1 fully saturated rings. The van der Waals surface area contributed by atoms with Crippen molar-refractivity contribution in [2.45, 2.75) is 24.0 Å². The molecule has 1 aromatic rings. The number of nitrogens with zero attached hydrogens (tertiary/aromatic N) is 1. The van der Waals surface area contributed by atoms with E-state index in [1.165, 1.54) is 4.31 Å². The van der Waals surface area contributed by atoms with Crippen LogP contribution in [0.4, 0.5) is 0 Å². The van der Waals surface area contributed by atoms with Gasteiger partial charge in [0.15, 0.2) is 0 Å². The van der Waals surface area contributed by atoms with E-state index in [4.69, 9.17) is 9.84 Å². The van der Waals surface area contributed by atoms with Gasteiger partial charge in [0.2, 0.25) is 10.0 Å². The summed E-state index contributed by atoms with van der Waals surface area (Å²) in [4.78, 5) is 0.243. The number of hydrogen-bond acceptors (Lipinski definition) is 4. The van der Waals surface area contributed by atoms with Crippen molar-refractivity contribution in [2.24, 2.45) is 0 Å². The number of sulfonamides is 1. The van der Waals surface area contributed by atoms with E-state index in [9.17, 15) is 8.42 Å². The molecular formula is C12H16BrNO4S. The molecule has 0 aromatic heterocycles. The predicted octanol–water partition coefficient (Wildman–Crippen LogP) is 1.22. The first-order valence-electron chi connectivity index (χ1n) is 5.95. The molecule has 0 aliphatic carbocycles. The van der Waals surface area contributed by atoms with Gasteiger partial charge in [-0.25, -0.2) is 8.42 Å². The highest BCUT2D eigenvalue weighted by Gasteiger charge is 2.33. The highest BCUT2D eigenvalue weighted by atomic mass is 79.9. The van der Waals surface area contributed by atoms with Crippen molar-refractivity contribution in [1.29, 1.82) is 0 Å². The van der Waals surface area contributed by atoms with Crippen molar-refractivity contribution in [1.82, 2.24) is 4.31 Å². The predicted molar refractivity (Wildman–Crippen MR) is 74.3 cm³/mol. The molecule has 1 aliphatic heterocycles. The maximum atomic E-state index is 12.5. The lowest BCUT2D eigenvalue weighted by Crippen LogP contribution is -2.50. The van der Waals surface area contributed by atoms with E-state index in [1.807, 2.05) is 0 Å². The van der Waals surface area contributed by atoms with Crippen molar-refractivity contribution in [3.63, 3.8) is 0 Å². The zero-order valence-electron chi connectivity index (χ0n) is 10.5. The zero-order chi connectivity index (χ0) is 14.0. The van der Waals surface area contributed by atoms with E-state index in [-0.39, 0.29) is 24.2 Å². The molecule has 1 N–H and O–H groups in total. The van der Waals surface area contributed by atoms with Gasteiger partial charge in [-0.1, -0.05) is 22.0 Å². The van der Waals surface area contributed by atoms with Gasteiger partial charge in [-0.2, -0.15) is 4.31 Å². The Morgan fingerprint density at radius 1 is 1.47 bits per heavy atom. The van der Waals surface area contributed by atoms with Crippen molar-refractivity contribution in [2.75, 3.05) is 19.7 Å². The van der Waals surface area contributed by atoms with Crippen LogP contribution in [0.25, 0.3) is 0 Å². The summed E-state index contributed by atoms with van der Waals surface area (Å²) < 4.78 is 32.6. The zero-order valence-corrected chi connectivity index (χ0v) is 12.9. The quantitative estimate of drug-likeness (QED) is 0.890. The molecule has 5 nitrogen and oxygen atoms in total. The van der Waals surface area contributed by atoms with E-state index in [1.54, 1.807) is 31.2 Å². The van der Waals surface area contributed by atoms with E-state index in [0.717, 1.165) is 0 Å². The molecule has 1 aliphatic rings. The number of aliphatic hydroxyl groups excluding tert-OH is 1. The number of rotatable bonds is 3. The third kappa shape index (κ3) is 3.35. The lowest BCUT2D eigenvalue weighted by molar-refractivity contribution is -0.0750. The Morgan fingerprint density at radius 2 is 2.21 bits per heavy atom. The van der Waals surface area contributed by atoms with E-state index in [0.29, 0.717) is 11.0 Å². The molecular weight excluding hydrogens is 334 g/mol. The van der Waals surface area contributed by atoms with Gasteiger partial charge in [-0.15, -0.1) is 0 Å². The number of hydrogen-bond donors (Lipinski definition) is 1.